The van der Waals surface area contributed by atoms with Gasteiger partial charge in [-0.2, -0.15) is 0 Å². The Morgan fingerprint density at radius 3 is 2.20 bits per heavy atom. The second-order valence-electron chi connectivity index (χ2n) is 4.06. The van der Waals surface area contributed by atoms with E-state index in [1.807, 2.05) is 0 Å². The molecule has 1 fully saturated rings. The van der Waals surface area contributed by atoms with Crippen LogP contribution in [0.1, 0.15) is 13.3 Å². The average Bonchev–Trinajstić information content (AvgIpc) is 2.67. The molecule has 0 radical (unpaired) electrons. The fourth-order valence-corrected chi connectivity index (χ4v) is 1.99. The van der Waals surface area contributed by atoms with Crippen LogP contribution in [0, 0.1) is 0 Å². The number of nitrogens with one attached hydrogen (secondary N) is 1. The van der Waals surface area contributed by atoms with Crippen molar-refractivity contribution in [2.24, 2.45) is 0 Å². The van der Waals surface area contributed by atoms with Gasteiger partial charge in [-0.05, 0) is 13.0 Å². The highest BCUT2D eigenvalue weighted by molar-refractivity contribution is 4.85. The number of nitrogens with zero attached hydrogens (tertiary/aromatic N) is 1. The molecule has 1 aliphatic rings. The lowest BCUT2D eigenvalue weighted by Crippen LogP contribution is -2.31. The van der Waals surface area contributed by atoms with E-state index in [-0.39, 0.29) is 12.2 Å². The van der Waals surface area contributed by atoms with Crippen molar-refractivity contribution >= 4 is 0 Å². The summed E-state index contributed by atoms with van der Waals surface area (Å²) < 4.78 is 10.8. The second-order valence-corrected chi connectivity index (χ2v) is 4.06. The number of likely N-dealkylation sites (tertiary alicyclic amines) is 1. The van der Waals surface area contributed by atoms with Gasteiger partial charge in [0.25, 0.3) is 0 Å². The van der Waals surface area contributed by atoms with Crippen LogP contribution in [-0.4, -0.2) is 64.1 Å². The maximum atomic E-state index is 5.39. The molecule has 0 aliphatic carbocycles. The Labute approximate surface area is 92.9 Å². The van der Waals surface area contributed by atoms with Gasteiger partial charge >= 0.3 is 0 Å². The largest absolute Gasteiger partial charge is 0.377 e. The molecule has 0 spiro atoms. The van der Waals surface area contributed by atoms with Crippen LogP contribution in [0.25, 0.3) is 0 Å². The maximum Gasteiger partial charge on any atom is 0.0971 e. The normalized spacial score (nSPS) is 27.4. The second kappa shape index (κ2) is 7.17. The summed E-state index contributed by atoms with van der Waals surface area (Å²) in [6, 6.07) is 0. The molecule has 15 heavy (non-hydrogen) atoms. The van der Waals surface area contributed by atoms with E-state index in [0.717, 1.165) is 32.7 Å². The van der Waals surface area contributed by atoms with Crippen molar-refractivity contribution in [3.63, 3.8) is 0 Å². The SMILES string of the molecule is CCCNCCN1CC(OC)C(OC)C1. The van der Waals surface area contributed by atoms with Crippen molar-refractivity contribution < 1.29 is 9.47 Å². The zero-order valence-corrected chi connectivity index (χ0v) is 10.2. The van der Waals surface area contributed by atoms with E-state index in [4.69, 9.17) is 9.47 Å². The molecule has 0 saturated carbocycles. The molecule has 90 valence electrons. The predicted octanol–water partition coefficient (Wildman–Crippen LogP) is 0.332. The highest BCUT2D eigenvalue weighted by Gasteiger charge is 2.32. The predicted molar refractivity (Wildman–Crippen MR) is 61.2 cm³/mol. The molecule has 0 bridgehead atoms. The Bertz CT molecular complexity index is 155. The van der Waals surface area contributed by atoms with Crippen molar-refractivity contribution in [1.82, 2.24) is 10.2 Å². The van der Waals surface area contributed by atoms with Crippen LogP contribution in [0.4, 0.5) is 0 Å². The molecule has 4 nitrogen and oxygen atoms in total. The Hall–Kier alpha value is -0.160. The smallest absolute Gasteiger partial charge is 0.0971 e. The molecule has 1 N–H and O–H groups in total. The van der Waals surface area contributed by atoms with Gasteiger partial charge in [0.15, 0.2) is 0 Å². The Morgan fingerprint density at radius 1 is 1.13 bits per heavy atom. The molecule has 0 aromatic rings. The Balaban J connectivity index is 2.16. The van der Waals surface area contributed by atoms with Crippen LogP contribution < -0.4 is 5.32 Å². The van der Waals surface area contributed by atoms with Gasteiger partial charge in [-0.1, -0.05) is 6.92 Å². The molecule has 2 atom stereocenters. The Kier molecular flexibility index (Phi) is 6.17. The van der Waals surface area contributed by atoms with E-state index in [9.17, 15) is 0 Å². The molecule has 1 saturated heterocycles. The zero-order valence-electron chi connectivity index (χ0n) is 10.2. The molecule has 1 heterocycles. The first-order chi connectivity index (χ1) is 7.31. The first-order valence-corrected chi connectivity index (χ1v) is 5.80. The molecule has 1 aliphatic heterocycles. The topological polar surface area (TPSA) is 33.7 Å². The van der Waals surface area contributed by atoms with Gasteiger partial charge in [-0.15, -0.1) is 0 Å². The van der Waals surface area contributed by atoms with E-state index >= 15 is 0 Å². The minimum atomic E-state index is 0.237. The summed E-state index contributed by atoms with van der Waals surface area (Å²) >= 11 is 0. The molecule has 4 heteroatoms. The molecule has 0 aromatic carbocycles. The number of hydrogen-bond acceptors (Lipinski definition) is 4. The van der Waals surface area contributed by atoms with Gasteiger partial charge in [-0.25, -0.2) is 0 Å². The molecule has 0 amide bonds. The molecule has 2 unspecified atom stereocenters. The van der Waals surface area contributed by atoms with Gasteiger partial charge in [0.05, 0.1) is 12.2 Å². The summed E-state index contributed by atoms with van der Waals surface area (Å²) in [4.78, 5) is 2.39. The average molecular weight is 216 g/mol. The van der Waals surface area contributed by atoms with Crippen LogP contribution in [-0.2, 0) is 9.47 Å². The summed E-state index contributed by atoms with van der Waals surface area (Å²) in [5, 5.41) is 3.40. The summed E-state index contributed by atoms with van der Waals surface area (Å²) in [6.45, 7) is 7.41. The molecular formula is C11H24N2O2. The number of methoxy groups -OCH3 is 2. The van der Waals surface area contributed by atoms with Crippen molar-refractivity contribution in [1.29, 1.82) is 0 Å². The van der Waals surface area contributed by atoms with E-state index < -0.39 is 0 Å². The third-order valence-electron chi connectivity index (χ3n) is 2.93. The summed E-state index contributed by atoms with van der Waals surface area (Å²) in [7, 11) is 3.52. The highest BCUT2D eigenvalue weighted by atomic mass is 16.5. The quantitative estimate of drug-likeness (QED) is 0.622. The van der Waals surface area contributed by atoms with E-state index in [1.165, 1.54) is 6.42 Å². The van der Waals surface area contributed by atoms with Crippen LogP contribution in [0.3, 0.4) is 0 Å². The van der Waals surface area contributed by atoms with Crippen molar-refractivity contribution in [2.45, 2.75) is 25.6 Å². The van der Waals surface area contributed by atoms with Gasteiger partial charge in [-0.3, -0.25) is 4.90 Å². The Morgan fingerprint density at radius 2 is 1.73 bits per heavy atom. The fraction of sp³-hybridized carbons (Fsp3) is 1.00. The molecule has 1 rings (SSSR count). The van der Waals surface area contributed by atoms with Crippen molar-refractivity contribution in [2.75, 3.05) is 46.9 Å². The van der Waals surface area contributed by atoms with Crippen LogP contribution in [0.15, 0.2) is 0 Å². The number of hydrogen-bond donors (Lipinski definition) is 1. The highest BCUT2D eigenvalue weighted by Crippen LogP contribution is 2.14. The minimum absolute atomic E-state index is 0.237. The lowest BCUT2D eigenvalue weighted by atomic mass is 10.3. The van der Waals surface area contributed by atoms with Crippen LogP contribution in [0.2, 0.25) is 0 Å². The standard InChI is InChI=1S/C11H24N2O2/c1-4-5-12-6-7-13-8-10(14-2)11(9-13)15-3/h10-12H,4-9H2,1-3H3. The number of ether oxygens (including phenoxy) is 2. The first-order valence-electron chi connectivity index (χ1n) is 5.80. The van der Waals surface area contributed by atoms with E-state index in [2.05, 4.69) is 17.1 Å². The first kappa shape index (κ1) is 12.9. The van der Waals surface area contributed by atoms with E-state index in [0.29, 0.717) is 0 Å². The monoisotopic (exact) mass is 216 g/mol. The lowest BCUT2D eigenvalue weighted by molar-refractivity contribution is -0.00461. The maximum absolute atomic E-state index is 5.39. The van der Waals surface area contributed by atoms with Gasteiger partial charge < -0.3 is 14.8 Å². The minimum Gasteiger partial charge on any atom is -0.377 e. The number of rotatable bonds is 7. The van der Waals surface area contributed by atoms with Gasteiger partial charge in [0, 0.05) is 40.4 Å². The van der Waals surface area contributed by atoms with Crippen molar-refractivity contribution in [3.05, 3.63) is 0 Å². The summed E-state index contributed by atoms with van der Waals surface area (Å²) in [5.41, 5.74) is 0. The summed E-state index contributed by atoms with van der Waals surface area (Å²) in [6.07, 6.45) is 1.67. The third kappa shape index (κ3) is 4.07. The molecule has 0 aromatic heterocycles. The zero-order chi connectivity index (χ0) is 11.1. The summed E-state index contributed by atoms with van der Waals surface area (Å²) in [5.74, 6) is 0. The third-order valence-corrected chi connectivity index (χ3v) is 2.93. The van der Waals surface area contributed by atoms with Gasteiger partial charge in [0.1, 0.15) is 0 Å². The lowest BCUT2D eigenvalue weighted by Gasteiger charge is -2.15. The van der Waals surface area contributed by atoms with Crippen molar-refractivity contribution in [3.8, 4) is 0 Å². The van der Waals surface area contributed by atoms with Crippen LogP contribution >= 0.6 is 0 Å². The van der Waals surface area contributed by atoms with E-state index in [1.54, 1.807) is 14.2 Å². The van der Waals surface area contributed by atoms with Crippen LogP contribution in [0.5, 0.6) is 0 Å². The molecular weight excluding hydrogens is 192 g/mol. The van der Waals surface area contributed by atoms with Gasteiger partial charge in [0.2, 0.25) is 0 Å². The fourth-order valence-electron chi connectivity index (χ4n) is 1.99.